The van der Waals surface area contributed by atoms with Crippen LogP contribution >= 0.6 is 0 Å². The van der Waals surface area contributed by atoms with Crippen molar-refractivity contribution < 1.29 is 32.6 Å². The summed E-state index contributed by atoms with van der Waals surface area (Å²) in [5.74, 6) is 0.0778. The first-order valence-corrected chi connectivity index (χ1v) is 10.0. The highest BCUT2D eigenvalue weighted by atomic mass is 19.4. The number of hydrogen-bond acceptors (Lipinski definition) is 5. The summed E-state index contributed by atoms with van der Waals surface area (Å²) in [6.45, 7) is 2.53. The third kappa shape index (κ3) is 4.81. The number of piperazine rings is 1. The van der Waals surface area contributed by atoms with Gasteiger partial charge in [0, 0.05) is 43.3 Å². The number of alkyl halides is 3. The lowest BCUT2D eigenvalue weighted by Gasteiger charge is -2.38. The third-order valence-corrected chi connectivity index (χ3v) is 5.33. The summed E-state index contributed by atoms with van der Waals surface area (Å²) in [6.07, 6.45) is -4.78. The second-order valence-corrected chi connectivity index (χ2v) is 7.61. The Balaban J connectivity index is 1.48. The number of amides is 2. The largest absolute Gasteiger partial charge is 0.465 e. The van der Waals surface area contributed by atoms with Crippen molar-refractivity contribution in [2.75, 3.05) is 19.6 Å². The second kappa shape index (κ2) is 8.57. The molecule has 172 valence electrons. The van der Waals surface area contributed by atoms with Crippen molar-refractivity contribution in [3.05, 3.63) is 59.9 Å². The van der Waals surface area contributed by atoms with Gasteiger partial charge < -0.3 is 19.6 Å². The maximum Gasteiger partial charge on any atom is 0.417 e. The number of benzene rings is 1. The van der Waals surface area contributed by atoms with Crippen LogP contribution in [0.25, 0.3) is 10.9 Å². The van der Waals surface area contributed by atoms with E-state index in [1.54, 1.807) is 42.2 Å². The van der Waals surface area contributed by atoms with Crippen LogP contribution in [-0.2, 0) is 6.18 Å². The number of aromatic nitrogens is 2. The van der Waals surface area contributed by atoms with E-state index in [-0.39, 0.29) is 43.2 Å². The first-order chi connectivity index (χ1) is 15.6. The van der Waals surface area contributed by atoms with Gasteiger partial charge in [-0.15, -0.1) is 0 Å². The molecule has 33 heavy (non-hydrogen) atoms. The Labute approximate surface area is 186 Å². The summed E-state index contributed by atoms with van der Waals surface area (Å²) in [4.78, 5) is 35.0. The quantitative estimate of drug-likeness (QED) is 0.627. The fourth-order valence-corrected chi connectivity index (χ4v) is 3.60. The van der Waals surface area contributed by atoms with E-state index < -0.39 is 17.8 Å². The number of rotatable bonds is 3. The SMILES string of the molecule is C[C@@H]1CN(C(=O)c2ccc3cc(Oc4ccc(C(F)(F)F)cn4)ccc3n2)CCN1C(=O)O. The molecule has 3 heterocycles. The number of halogens is 3. The number of fused-ring (bicyclic) bond motifs is 1. The van der Waals surface area contributed by atoms with Crippen molar-refractivity contribution >= 4 is 22.9 Å². The summed E-state index contributed by atoms with van der Waals surface area (Å²) >= 11 is 0. The number of ether oxygens (including phenoxy) is 1. The van der Waals surface area contributed by atoms with Crippen LogP contribution in [-0.4, -0.2) is 62.6 Å². The Bertz CT molecular complexity index is 1200. The molecule has 8 nitrogen and oxygen atoms in total. The smallest absolute Gasteiger partial charge is 0.417 e. The molecule has 1 aromatic carbocycles. The van der Waals surface area contributed by atoms with Crippen LogP contribution in [0.1, 0.15) is 23.0 Å². The van der Waals surface area contributed by atoms with Gasteiger partial charge in [-0.25, -0.2) is 14.8 Å². The minimum absolute atomic E-state index is 0.0109. The molecule has 1 fully saturated rings. The lowest BCUT2D eigenvalue weighted by Crippen LogP contribution is -2.55. The zero-order chi connectivity index (χ0) is 23.8. The van der Waals surface area contributed by atoms with Crippen LogP contribution < -0.4 is 4.74 Å². The Morgan fingerprint density at radius 1 is 1.12 bits per heavy atom. The van der Waals surface area contributed by atoms with E-state index in [1.165, 1.54) is 4.90 Å². The molecule has 3 aromatic rings. The molecule has 1 atom stereocenters. The van der Waals surface area contributed by atoms with Gasteiger partial charge in [-0.3, -0.25) is 4.79 Å². The van der Waals surface area contributed by atoms with Gasteiger partial charge in [0.1, 0.15) is 11.4 Å². The van der Waals surface area contributed by atoms with E-state index in [0.717, 1.165) is 12.1 Å². The number of carboxylic acid groups (broad SMARTS) is 1. The van der Waals surface area contributed by atoms with Gasteiger partial charge in [0.05, 0.1) is 11.1 Å². The van der Waals surface area contributed by atoms with Crippen LogP contribution in [0.5, 0.6) is 11.6 Å². The highest BCUT2D eigenvalue weighted by Crippen LogP contribution is 2.30. The summed E-state index contributed by atoms with van der Waals surface area (Å²) in [5, 5.41) is 9.85. The minimum Gasteiger partial charge on any atom is -0.465 e. The number of carbonyl (C=O) groups excluding carboxylic acids is 1. The average molecular weight is 460 g/mol. The molecule has 0 saturated carbocycles. The normalized spacial score (nSPS) is 16.7. The van der Waals surface area contributed by atoms with Crippen LogP contribution in [0, 0.1) is 0 Å². The number of hydrogen-bond donors (Lipinski definition) is 1. The van der Waals surface area contributed by atoms with Crippen molar-refractivity contribution in [2.24, 2.45) is 0 Å². The molecule has 0 bridgehead atoms. The molecule has 1 aliphatic heterocycles. The summed E-state index contributed by atoms with van der Waals surface area (Å²) in [6, 6.07) is 9.83. The van der Waals surface area contributed by atoms with Gasteiger partial charge in [-0.2, -0.15) is 13.2 Å². The van der Waals surface area contributed by atoms with Crippen LogP contribution in [0.15, 0.2) is 48.7 Å². The van der Waals surface area contributed by atoms with Crippen LogP contribution in [0.4, 0.5) is 18.0 Å². The van der Waals surface area contributed by atoms with Crippen molar-refractivity contribution in [3.8, 4) is 11.6 Å². The zero-order valence-corrected chi connectivity index (χ0v) is 17.4. The van der Waals surface area contributed by atoms with Gasteiger partial charge in [-0.05, 0) is 37.3 Å². The highest BCUT2D eigenvalue weighted by molar-refractivity contribution is 5.95. The predicted molar refractivity (Wildman–Crippen MR) is 111 cm³/mol. The molecule has 2 aromatic heterocycles. The van der Waals surface area contributed by atoms with Crippen LogP contribution in [0.3, 0.4) is 0 Å². The van der Waals surface area contributed by atoms with Gasteiger partial charge in [-0.1, -0.05) is 6.07 Å². The zero-order valence-electron chi connectivity index (χ0n) is 17.4. The molecule has 11 heteroatoms. The first kappa shape index (κ1) is 22.3. The molecule has 0 spiro atoms. The Hall–Kier alpha value is -3.89. The van der Waals surface area contributed by atoms with Crippen molar-refractivity contribution in [2.45, 2.75) is 19.1 Å². The van der Waals surface area contributed by atoms with Crippen molar-refractivity contribution in [1.29, 1.82) is 0 Å². The van der Waals surface area contributed by atoms with Crippen molar-refractivity contribution in [1.82, 2.24) is 19.8 Å². The molecular weight excluding hydrogens is 441 g/mol. The van der Waals surface area contributed by atoms with E-state index in [2.05, 4.69) is 9.97 Å². The molecule has 1 aliphatic rings. The third-order valence-electron chi connectivity index (χ3n) is 5.33. The Morgan fingerprint density at radius 2 is 1.91 bits per heavy atom. The van der Waals surface area contributed by atoms with E-state index in [1.807, 2.05) is 0 Å². The number of nitrogens with zero attached hydrogens (tertiary/aromatic N) is 4. The van der Waals surface area contributed by atoms with E-state index >= 15 is 0 Å². The standard InChI is InChI=1S/C22H19F3N4O4/c1-13-12-28(8-9-29(13)21(31)32)20(30)18-5-2-14-10-16(4-6-17(14)27-18)33-19-7-3-15(11-26-19)22(23,24)25/h2-7,10-11,13H,8-9,12H2,1H3,(H,31,32)/t13-/m1/s1. The van der Waals surface area contributed by atoms with E-state index in [0.29, 0.717) is 22.8 Å². The van der Waals surface area contributed by atoms with Gasteiger partial charge >= 0.3 is 12.3 Å². The molecule has 0 aliphatic carbocycles. The van der Waals surface area contributed by atoms with E-state index in [4.69, 9.17) is 4.74 Å². The lowest BCUT2D eigenvalue weighted by atomic mass is 10.1. The maximum absolute atomic E-state index is 12.9. The molecule has 2 amide bonds. The monoisotopic (exact) mass is 460 g/mol. The fourth-order valence-electron chi connectivity index (χ4n) is 3.60. The average Bonchev–Trinajstić information content (AvgIpc) is 2.77. The predicted octanol–water partition coefficient (Wildman–Crippen LogP) is 4.27. The molecule has 1 saturated heterocycles. The minimum atomic E-state index is -4.48. The van der Waals surface area contributed by atoms with Crippen LogP contribution in [0.2, 0.25) is 0 Å². The van der Waals surface area contributed by atoms with Gasteiger partial charge in [0.15, 0.2) is 0 Å². The first-order valence-electron chi connectivity index (χ1n) is 10.0. The molecule has 0 radical (unpaired) electrons. The van der Waals surface area contributed by atoms with Gasteiger partial charge in [0.25, 0.3) is 5.91 Å². The summed E-state index contributed by atoms with van der Waals surface area (Å²) < 4.78 is 43.5. The lowest BCUT2D eigenvalue weighted by molar-refractivity contribution is -0.137. The molecule has 1 N–H and O–H groups in total. The highest BCUT2D eigenvalue weighted by Gasteiger charge is 2.31. The summed E-state index contributed by atoms with van der Waals surface area (Å²) in [5.41, 5.74) is -0.101. The number of pyridine rings is 2. The Kier molecular flexibility index (Phi) is 5.79. The van der Waals surface area contributed by atoms with E-state index in [9.17, 15) is 27.9 Å². The Morgan fingerprint density at radius 3 is 2.55 bits per heavy atom. The summed E-state index contributed by atoms with van der Waals surface area (Å²) in [7, 11) is 0. The molecular formula is C22H19F3N4O4. The van der Waals surface area contributed by atoms with Gasteiger partial charge in [0.2, 0.25) is 5.88 Å². The maximum atomic E-state index is 12.9. The fraction of sp³-hybridized carbons (Fsp3) is 0.273. The topological polar surface area (TPSA) is 95.9 Å². The molecule has 0 unspecified atom stereocenters. The van der Waals surface area contributed by atoms with Crippen molar-refractivity contribution in [3.63, 3.8) is 0 Å². The number of carbonyl (C=O) groups is 2. The second-order valence-electron chi connectivity index (χ2n) is 7.61. The molecule has 4 rings (SSSR count).